The van der Waals surface area contributed by atoms with Gasteiger partial charge in [-0.05, 0) is 73.5 Å². The summed E-state index contributed by atoms with van der Waals surface area (Å²) in [6, 6.07) is 10.7. The van der Waals surface area contributed by atoms with Crippen molar-refractivity contribution in [3.05, 3.63) is 78.0 Å². The number of hydrogen-bond acceptors (Lipinski definition) is 24. The Kier molecular flexibility index (Phi) is 14.7. The number of aromatic nitrogens is 3. The van der Waals surface area contributed by atoms with Crippen LogP contribution in [0.5, 0.6) is 23.1 Å². The van der Waals surface area contributed by atoms with Gasteiger partial charge in [0.2, 0.25) is 16.7 Å². The van der Waals surface area contributed by atoms with Crippen LogP contribution in [0.4, 0.5) is 33.6 Å². The van der Waals surface area contributed by atoms with Gasteiger partial charge in [-0.25, -0.2) is 9.78 Å². The van der Waals surface area contributed by atoms with Crippen molar-refractivity contribution in [1.29, 1.82) is 0 Å². The predicted molar refractivity (Wildman–Crippen MR) is 253 cm³/mol. The number of rotatable bonds is 18. The van der Waals surface area contributed by atoms with E-state index in [1.54, 1.807) is 0 Å². The van der Waals surface area contributed by atoms with Crippen LogP contribution < -0.4 is 9.47 Å². The molecule has 0 spiro atoms. The molecule has 0 atom stereocenters. The zero-order valence-electron chi connectivity index (χ0n) is 36.8. The number of methoxy groups -OCH3 is 1. The molecule has 390 valence electrons. The average molecular weight is 1140 g/mol. The largest absolute Gasteiger partial charge is 0.505 e. The lowest BCUT2D eigenvalue weighted by Gasteiger charge is -2.13. The third-order valence-electron chi connectivity index (χ3n) is 9.90. The molecular weight excluding hydrogens is 1110 g/mol. The number of nitrogens with zero attached hydrogens (tertiary/aromatic N) is 9. The Hall–Kier alpha value is -7.52. The van der Waals surface area contributed by atoms with E-state index in [2.05, 4.69) is 40.8 Å². The lowest BCUT2D eigenvalue weighted by atomic mass is 10.1. The minimum atomic E-state index is -5.57. The quantitative estimate of drug-likeness (QED) is 0.0245. The van der Waals surface area contributed by atoms with Crippen LogP contribution in [0.1, 0.15) is 22.5 Å². The molecule has 36 heteroatoms. The number of phenols is 1. The van der Waals surface area contributed by atoms with Gasteiger partial charge in [0.15, 0.2) is 11.4 Å². The van der Waals surface area contributed by atoms with Gasteiger partial charge in [-0.1, -0.05) is 11.3 Å². The molecule has 0 saturated heterocycles. The lowest BCUT2D eigenvalue weighted by molar-refractivity contribution is 0.0690. The van der Waals surface area contributed by atoms with Crippen molar-refractivity contribution in [2.75, 3.05) is 19.5 Å². The van der Waals surface area contributed by atoms with Crippen molar-refractivity contribution >= 4 is 122 Å². The van der Waals surface area contributed by atoms with Crippen LogP contribution in [0, 0.1) is 6.92 Å². The van der Waals surface area contributed by atoms with Gasteiger partial charge in [-0.3, -0.25) is 22.8 Å². The molecule has 0 aliphatic carbocycles. The van der Waals surface area contributed by atoms with Crippen LogP contribution in [-0.2, 0) is 50.6 Å². The molecule has 0 unspecified atom stereocenters. The summed E-state index contributed by atoms with van der Waals surface area (Å²) in [4.78, 5) is 12.6. The number of carboxylic acid groups (broad SMARTS) is 1. The minimum Gasteiger partial charge on any atom is -0.505 e. The van der Waals surface area contributed by atoms with Gasteiger partial charge in [0.1, 0.15) is 43.2 Å². The number of carboxylic acids is 1. The molecule has 5 aromatic carbocycles. The molecule has 2 heterocycles. The molecule has 0 aliphatic heterocycles. The lowest BCUT2D eigenvalue weighted by Crippen LogP contribution is -2.08. The SMILES string of the molecule is COc1cc2sc(N=Nc3cc(OCCCS(=O)(=O)O)c(N=Nc4c(S(=O)(=O)O)cc5c(S(=O)(=O)O)c(N=Nc6c(C(=O)O)nn(-c7ccc(S(=O)(=O)O)cc7)c6O)ccc5c4O)cc3C)nc2cc1S(=O)(=O)O. The van der Waals surface area contributed by atoms with Gasteiger partial charge < -0.3 is 24.8 Å². The summed E-state index contributed by atoms with van der Waals surface area (Å²) in [5, 5.41) is 57.7. The number of aromatic carboxylic acids is 1. The number of hydrogen-bond donors (Lipinski definition) is 8. The van der Waals surface area contributed by atoms with E-state index in [-0.39, 0.29) is 51.2 Å². The zero-order chi connectivity index (χ0) is 54.5. The number of aryl methyl sites for hydroxylation is 1. The van der Waals surface area contributed by atoms with Crippen LogP contribution in [0.2, 0.25) is 0 Å². The highest BCUT2D eigenvalue weighted by atomic mass is 32.2. The van der Waals surface area contributed by atoms with E-state index in [4.69, 9.17) is 9.47 Å². The van der Waals surface area contributed by atoms with E-state index in [1.165, 1.54) is 32.2 Å². The Morgan fingerprint density at radius 2 is 1.31 bits per heavy atom. The fourth-order valence-electron chi connectivity index (χ4n) is 6.62. The van der Waals surface area contributed by atoms with Crippen LogP contribution in [0.25, 0.3) is 26.7 Å². The van der Waals surface area contributed by atoms with E-state index in [0.717, 1.165) is 53.8 Å². The van der Waals surface area contributed by atoms with Crippen LogP contribution >= 0.6 is 11.3 Å². The number of fused-ring (bicyclic) bond motifs is 2. The molecular formula is C38H31N9O21S6. The van der Waals surface area contributed by atoms with Gasteiger partial charge in [-0.15, -0.1) is 30.7 Å². The molecule has 2 aromatic heterocycles. The van der Waals surface area contributed by atoms with Crippen molar-refractivity contribution in [3.63, 3.8) is 0 Å². The van der Waals surface area contributed by atoms with Crippen LogP contribution in [0.15, 0.2) is 117 Å². The third kappa shape index (κ3) is 11.8. The van der Waals surface area contributed by atoms with Gasteiger partial charge in [0, 0.05) is 22.9 Å². The first kappa shape index (κ1) is 54.3. The van der Waals surface area contributed by atoms with Crippen LogP contribution in [-0.4, -0.2) is 120 Å². The Morgan fingerprint density at radius 3 is 1.91 bits per heavy atom. The van der Waals surface area contributed by atoms with E-state index < -0.39 is 134 Å². The van der Waals surface area contributed by atoms with E-state index in [1.807, 2.05) is 0 Å². The van der Waals surface area contributed by atoms with Crippen molar-refractivity contribution in [2.24, 2.45) is 30.7 Å². The number of carbonyl (C=O) groups is 1. The number of thiazole rings is 1. The van der Waals surface area contributed by atoms with Gasteiger partial charge in [-0.2, -0.15) is 51.9 Å². The van der Waals surface area contributed by atoms with Crippen molar-refractivity contribution in [3.8, 4) is 28.8 Å². The molecule has 0 fully saturated rings. The van der Waals surface area contributed by atoms with E-state index >= 15 is 0 Å². The summed E-state index contributed by atoms with van der Waals surface area (Å²) in [6.45, 7) is 1.06. The molecule has 0 saturated carbocycles. The molecule has 30 nitrogen and oxygen atoms in total. The summed E-state index contributed by atoms with van der Waals surface area (Å²) >= 11 is 0.942. The first-order chi connectivity index (χ1) is 34.3. The predicted octanol–water partition coefficient (Wildman–Crippen LogP) is 6.95. The van der Waals surface area contributed by atoms with E-state index in [9.17, 15) is 85.0 Å². The summed E-state index contributed by atoms with van der Waals surface area (Å²) in [5.41, 5.74) is -3.93. The molecule has 8 N–H and O–H groups in total. The monoisotopic (exact) mass is 1140 g/mol. The first-order valence-corrected chi connectivity index (χ1v) is 27.9. The van der Waals surface area contributed by atoms with E-state index in [0.29, 0.717) is 15.4 Å². The third-order valence-corrected chi connectivity index (χ3v) is 15.2. The molecule has 7 rings (SSSR count). The molecule has 0 radical (unpaired) electrons. The zero-order valence-corrected chi connectivity index (χ0v) is 41.7. The molecule has 0 aliphatic rings. The number of benzene rings is 5. The second kappa shape index (κ2) is 20.1. The highest BCUT2D eigenvalue weighted by Gasteiger charge is 2.30. The fraction of sp³-hybridized carbons (Fsp3) is 0.132. The normalized spacial score (nSPS) is 13.0. The highest BCUT2D eigenvalue weighted by molar-refractivity contribution is 7.87. The summed E-state index contributed by atoms with van der Waals surface area (Å²) in [5.74, 6) is -5.26. The number of phenolic OH excluding ortho intramolecular Hbond substituents is 1. The Bertz CT molecular complexity index is 4160. The Balaban J connectivity index is 1.30. The molecule has 74 heavy (non-hydrogen) atoms. The van der Waals surface area contributed by atoms with Gasteiger partial charge in [0.25, 0.3) is 50.6 Å². The smallest absolute Gasteiger partial charge is 0.358 e. The number of aromatic hydroxyl groups is 2. The van der Waals surface area contributed by atoms with Gasteiger partial charge in [0.05, 0.1) is 46.0 Å². The number of azo groups is 3. The molecule has 0 bridgehead atoms. The maximum Gasteiger partial charge on any atom is 0.358 e. The molecule has 0 amide bonds. The topological polar surface area (TPSA) is 473 Å². The number of ether oxygens (including phenoxy) is 2. The maximum absolute atomic E-state index is 13.0. The maximum atomic E-state index is 13.0. The minimum absolute atomic E-state index is 0.0180. The van der Waals surface area contributed by atoms with Crippen molar-refractivity contribution in [2.45, 2.75) is 32.9 Å². The second-order valence-electron chi connectivity index (χ2n) is 14.9. The Morgan fingerprint density at radius 1 is 0.676 bits per heavy atom. The standard InChI is InChI=1S/C38H31N9O21S6/c1-17-12-24(26(68-10-3-11-70(52,53)54)14-23(17)41-45-38-39-25-15-29(72(58,59)60)27(67-2)16-28(25)69-38)42-43-31-30(73(61,62)63)13-21-20(34(31)48)8-9-22(35(21)74(64,65)66)40-44-32-33(37(50)51)46-47(36(32)49)18-4-6-19(7-5-18)71(55,56)57/h4-9,12-16,48-49H,3,10-11H2,1-2H3,(H,50,51)(H,52,53,54)(H,55,56,57)(H,58,59,60)(H,61,62,63)(H,64,65,66). The summed E-state index contributed by atoms with van der Waals surface area (Å²) in [7, 11) is -23.8. The second-order valence-corrected chi connectivity index (χ2v) is 23.0. The van der Waals surface area contributed by atoms with Crippen molar-refractivity contribution < 1.29 is 94.4 Å². The Labute approximate surface area is 419 Å². The molecule has 7 aromatic rings. The summed E-state index contributed by atoms with van der Waals surface area (Å²) in [6.07, 6.45) is -0.293. The summed E-state index contributed by atoms with van der Waals surface area (Å²) < 4.78 is 182. The highest BCUT2D eigenvalue weighted by Crippen LogP contribution is 2.47. The van der Waals surface area contributed by atoms with Crippen LogP contribution in [0.3, 0.4) is 0 Å². The fourth-order valence-corrected chi connectivity index (χ4v) is 10.5. The first-order valence-electron chi connectivity index (χ1n) is 19.7. The van der Waals surface area contributed by atoms with Crippen molar-refractivity contribution in [1.82, 2.24) is 14.8 Å². The van der Waals surface area contributed by atoms with Gasteiger partial charge >= 0.3 is 5.97 Å². The average Bonchev–Trinajstić information content (AvgIpc) is 3.86.